The van der Waals surface area contributed by atoms with Crippen molar-refractivity contribution in [1.82, 2.24) is 10.2 Å². The molecule has 2 rings (SSSR count). The van der Waals surface area contributed by atoms with Crippen LogP contribution in [0.3, 0.4) is 0 Å². The quantitative estimate of drug-likeness (QED) is 0.836. The summed E-state index contributed by atoms with van der Waals surface area (Å²) in [7, 11) is 2.00. The lowest BCUT2D eigenvalue weighted by atomic mass is 9.74. The molecule has 1 heterocycles. The Kier molecular flexibility index (Phi) is 4.66. The van der Waals surface area contributed by atoms with Crippen LogP contribution < -0.4 is 5.32 Å². The zero-order chi connectivity index (χ0) is 13.0. The highest BCUT2D eigenvalue weighted by Gasteiger charge is 2.38. The molecule has 1 aliphatic carbocycles. The number of piperidine rings is 1. The van der Waals surface area contributed by atoms with Crippen LogP contribution in [-0.2, 0) is 4.79 Å². The number of carbonyl (C=O) groups excluding carboxylic acids is 1. The molecule has 1 amide bonds. The topological polar surface area (TPSA) is 32.3 Å². The summed E-state index contributed by atoms with van der Waals surface area (Å²) in [5, 5.41) is 3.25. The van der Waals surface area contributed by atoms with Gasteiger partial charge in [-0.05, 0) is 45.2 Å². The molecule has 2 aliphatic rings. The van der Waals surface area contributed by atoms with Crippen LogP contribution >= 0.6 is 0 Å². The maximum atomic E-state index is 12.7. The smallest absolute Gasteiger partial charge is 0.228 e. The lowest BCUT2D eigenvalue weighted by molar-refractivity contribution is -0.145. The van der Waals surface area contributed by atoms with Gasteiger partial charge < -0.3 is 10.2 Å². The van der Waals surface area contributed by atoms with Crippen molar-refractivity contribution >= 4 is 5.91 Å². The Morgan fingerprint density at radius 2 is 2.00 bits per heavy atom. The Labute approximate surface area is 111 Å². The van der Waals surface area contributed by atoms with E-state index >= 15 is 0 Å². The van der Waals surface area contributed by atoms with E-state index in [4.69, 9.17) is 0 Å². The van der Waals surface area contributed by atoms with Gasteiger partial charge in [-0.25, -0.2) is 0 Å². The molecule has 0 aromatic carbocycles. The first-order chi connectivity index (χ1) is 8.65. The second kappa shape index (κ2) is 6.05. The van der Waals surface area contributed by atoms with Gasteiger partial charge in [-0.15, -0.1) is 0 Å². The fourth-order valence-electron chi connectivity index (χ4n) is 3.63. The summed E-state index contributed by atoms with van der Waals surface area (Å²) in [6, 6.07) is 0. The van der Waals surface area contributed by atoms with Crippen LogP contribution in [0.2, 0.25) is 0 Å². The van der Waals surface area contributed by atoms with Gasteiger partial charge >= 0.3 is 0 Å². The van der Waals surface area contributed by atoms with Crippen molar-refractivity contribution in [2.24, 2.45) is 11.3 Å². The lowest BCUT2D eigenvalue weighted by Gasteiger charge is -2.40. The van der Waals surface area contributed by atoms with E-state index < -0.39 is 0 Å². The van der Waals surface area contributed by atoms with Crippen LogP contribution in [0.1, 0.15) is 51.9 Å². The first kappa shape index (κ1) is 13.9. The van der Waals surface area contributed by atoms with Crippen LogP contribution in [0.25, 0.3) is 0 Å². The van der Waals surface area contributed by atoms with Crippen molar-refractivity contribution in [3.05, 3.63) is 0 Å². The van der Waals surface area contributed by atoms with Crippen molar-refractivity contribution in [1.29, 1.82) is 0 Å². The van der Waals surface area contributed by atoms with Gasteiger partial charge in [0, 0.05) is 18.5 Å². The minimum absolute atomic E-state index is 0.0558. The molecule has 104 valence electrons. The molecule has 3 heteroatoms. The summed E-state index contributed by atoms with van der Waals surface area (Å²) in [6.45, 7) is 5.18. The summed E-state index contributed by atoms with van der Waals surface area (Å²) in [6.07, 6.45) is 8.41. The molecule has 0 aromatic heterocycles. The standard InChI is InChI=1S/C15H28N2O/c1-15(8-4-3-5-9-15)14(18)17-10-6-7-13(12-17)11-16-2/h13,16H,3-12H2,1-2H3. The Morgan fingerprint density at radius 1 is 1.28 bits per heavy atom. The normalized spacial score (nSPS) is 28.1. The molecule has 18 heavy (non-hydrogen) atoms. The Morgan fingerprint density at radius 3 is 2.67 bits per heavy atom. The maximum absolute atomic E-state index is 12.7. The second-order valence-corrected chi connectivity index (χ2v) is 6.44. The van der Waals surface area contributed by atoms with Crippen LogP contribution in [0.4, 0.5) is 0 Å². The molecule has 3 nitrogen and oxygen atoms in total. The van der Waals surface area contributed by atoms with Crippen molar-refractivity contribution < 1.29 is 4.79 Å². The van der Waals surface area contributed by atoms with Gasteiger partial charge in [0.05, 0.1) is 0 Å². The molecule has 1 saturated heterocycles. The maximum Gasteiger partial charge on any atom is 0.228 e. The molecule has 0 bridgehead atoms. The molecule has 0 aromatic rings. The summed E-state index contributed by atoms with van der Waals surface area (Å²) in [5.74, 6) is 1.09. The molecule has 1 unspecified atom stereocenters. The molecule has 1 aliphatic heterocycles. The largest absolute Gasteiger partial charge is 0.342 e. The van der Waals surface area contributed by atoms with E-state index in [1.165, 1.54) is 32.1 Å². The number of nitrogens with one attached hydrogen (secondary N) is 1. The van der Waals surface area contributed by atoms with E-state index in [-0.39, 0.29) is 5.41 Å². The Bertz CT molecular complexity index is 282. The third-order valence-corrected chi connectivity index (χ3v) is 4.77. The average Bonchev–Trinajstić information content (AvgIpc) is 2.39. The fraction of sp³-hybridized carbons (Fsp3) is 0.933. The van der Waals surface area contributed by atoms with Gasteiger partial charge in [-0.1, -0.05) is 26.2 Å². The van der Waals surface area contributed by atoms with Gasteiger partial charge in [0.2, 0.25) is 5.91 Å². The SMILES string of the molecule is CNCC1CCCN(C(=O)C2(C)CCCCC2)C1. The molecule has 1 saturated carbocycles. The van der Waals surface area contributed by atoms with Crippen LogP contribution in [-0.4, -0.2) is 37.5 Å². The molecule has 1 atom stereocenters. The number of hydrogen-bond donors (Lipinski definition) is 1. The first-order valence-electron chi connectivity index (χ1n) is 7.60. The molecular formula is C15H28N2O. The van der Waals surface area contributed by atoms with Gasteiger partial charge in [0.25, 0.3) is 0 Å². The van der Waals surface area contributed by atoms with Crippen molar-refractivity contribution in [3.63, 3.8) is 0 Å². The second-order valence-electron chi connectivity index (χ2n) is 6.44. The van der Waals surface area contributed by atoms with E-state index in [2.05, 4.69) is 17.1 Å². The van der Waals surface area contributed by atoms with E-state index in [9.17, 15) is 4.79 Å². The third-order valence-electron chi connectivity index (χ3n) is 4.77. The minimum atomic E-state index is -0.0558. The number of amides is 1. The monoisotopic (exact) mass is 252 g/mol. The number of likely N-dealkylation sites (tertiary alicyclic amines) is 1. The number of carbonyl (C=O) groups is 1. The summed E-state index contributed by atoms with van der Waals surface area (Å²) >= 11 is 0. The van der Waals surface area contributed by atoms with Gasteiger partial charge in [-0.2, -0.15) is 0 Å². The molecular weight excluding hydrogens is 224 g/mol. The van der Waals surface area contributed by atoms with Gasteiger partial charge in [0.1, 0.15) is 0 Å². The average molecular weight is 252 g/mol. The van der Waals surface area contributed by atoms with Gasteiger partial charge in [0.15, 0.2) is 0 Å². The highest BCUT2D eigenvalue weighted by molar-refractivity contribution is 5.82. The molecule has 0 radical (unpaired) electrons. The van der Waals surface area contributed by atoms with E-state index in [0.717, 1.165) is 32.5 Å². The Balaban J connectivity index is 1.95. The highest BCUT2D eigenvalue weighted by Crippen LogP contribution is 2.38. The van der Waals surface area contributed by atoms with E-state index in [1.54, 1.807) is 0 Å². The van der Waals surface area contributed by atoms with Crippen LogP contribution in [0, 0.1) is 11.3 Å². The van der Waals surface area contributed by atoms with Crippen molar-refractivity contribution in [3.8, 4) is 0 Å². The zero-order valence-corrected chi connectivity index (χ0v) is 12.0. The molecule has 2 fully saturated rings. The lowest BCUT2D eigenvalue weighted by Crippen LogP contribution is -2.49. The van der Waals surface area contributed by atoms with Crippen molar-refractivity contribution in [2.75, 3.05) is 26.7 Å². The Hall–Kier alpha value is -0.570. The van der Waals surface area contributed by atoms with Crippen LogP contribution in [0.5, 0.6) is 0 Å². The summed E-state index contributed by atoms with van der Waals surface area (Å²) in [5.41, 5.74) is -0.0558. The molecule has 1 N–H and O–H groups in total. The number of hydrogen-bond acceptors (Lipinski definition) is 2. The predicted octanol–water partition coefficient (Wildman–Crippen LogP) is 2.41. The third kappa shape index (κ3) is 3.05. The number of nitrogens with zero attached hydrogens (tertiary/aromatic N) is 1. The van der Waals surface area contributed by atoms with Crippen LogP contribution in [0.15, 0.2) is 0 Å². The fourth-order valence-corrected chi connectivity index (χ4v) is 3.63. The minimum Gasteiger partial charge on any atom is -0.342 e. The summed E-state index contributed by atoms with van der Waals surface area (Å²) < 4.78 is 0. The number of rotatable bonds is 3. The zero-order valence-electron chi connectivity index (χ0n) is 12.0. The van der Waals surface area contributed by atoms with Gasteiger partial charge in [-0.3, -0.25) is 4.79 Å². The van der Waals surface area contributed by atoms with E-state index in [1.807, 2.05) is 7.05 Å². The first-order valence-corrected chi connectivity index (χ1v) is 7.60. The summed E-state index contributed by atoms with van der Waals surface area (Å²) in [4.78, 5) is 14.9. The molecule has 0 spiro atoms. The van der Waals surface area contributed by atoms with E-state index in [0.29, 0.717) is 11.8 Å². The predicted molar refractivity (Wildman–Crippen MR) is 74.4 cm³/mol. The van der Waals surface area contributed by atoms with Crippen molar-refractivity contribution in [2.45, 2.75) is 51.9 Å². The highest BCUT2D eigenvalue weighted by atomic mass is 16.2.